The summed E-state index contributed by atoms with van der Waals surface area (Å²) in [6, 6.07) is 0.674. The van der Waals surface area contributed by atoms with E-state index in [1.54, 1.807) is 0 Å². The van der Waals surface area contributed by atoms with Crippen LogP contribution < -0.4 is 5.73 Å². The minimum atomic E-state index is 0. The summed E-state index contributed by atoms with van der Waals surface area (Å²) in [6.45, 7) is 0.910. The maximum atomic E-state index is 5.94. The molecule has 0 spiro atoms. The quantitative estimate of drug-likeness (QED) is 0.480. The van der Waals surface area contributed by atoms with E-state index >= 15 is 0 Å². The van der Waals surface area contributed by atoms with Crippen molar-refractivity contribution in [3.63, 3.8) is 0 Å². The Morgan fingerprint density at radius 1 is 1.38 bits per heavy atom. The third kappa shape index (κ3) is 4.31. The molecule has 1 saturated carbocycles. The third-order valence-corrected chi connectivity index (χ3v) is 4.57. The Morgan fingerprint density at radius 2 is 2.12 bits per heavy atom. The highest BCUT2D eigenvalue weighted by Crippen LogP contribution is 2.26. The molecule has 1 aliphatic carbocycles. The van der Waals surface area contributed by atoms with Gasteiger partial charge in [-0.25, -0.2) is 0 Å². The highest BCUT2D eigenvalue weighted by molar-refractivity contribution is 14.0. The number of hydrogen-bond acceptors (Lipinski definition) is 2. The van der Waals surface area contributed by atoms with E-state index in [-0.39, 0.29) is 24.0 Å². The lowest BCUT2D eigenvalue weighted by molar-refractivity contribution is 0.486. The molecule has 1 atom stereocenters. The minimum absolute atomic E-state index is 0. The molecule has 2 rings (SSSR count). The van der Waals surface area contributed by atoms with Crippen LogP contribution in [0.1, 0.15) is 32.1 Å². The van der Waals surface area contributed by atoms with Crippen LogP contribution in [0.4, 0.5) is 0 Å². The van der Waals surface area contributed by atoms with Crippen molar-refractivity contribution in [2.75, 3.05) is 19.3 Å². The van der Waals surface area contributed by atoms with Crippen molar-refractivity contribution < 1.29 is 0 Å². The number of nitrogens with zero attached hydrogens (tertiary/aromatic N) is 2. The molecule has 0 bridgehead atoms. The van der Waals surface area contributed by atoms with Crippen molar-refractivity contribution in [1.82, 2.24) is 4.90 Å². The van der Waals surface area contributed by atoms with Gasteiger partial charge in [0.05, 0.1) is 6.54 Å². The van der Waals surface area contributed by atoms with Gasteiger partial charge in [0.2, 0.25) is 0 Å². The fraction of sp³-hybridized carbons (Fsp3) is 0.909. The minimum Gasteiger partial charge on any atom is -0.370 e. The molecule has 0 amide bonds. The highest BCUT2D eigenvalue weighted by Gasteiger charge is 2.27. The first-order valence-corrected chi connectivity index (χ1v) is 6.96. The Bertz CT molecular complexity index is 237. The second-order valence-corrected chi connectivity index (χ2v) is 5.94. The molecular formula is C11H22IN3S. The van der Waals surface area contributed by atoms with Crippen LogP contribution >= 0.6 is 35.7 Å². The Hall–Kier alpha value is 0.350. The summed E-state index contributed by atoms with van der Waals surface area (Å²) in [6.07, 6.45) is 6.62. The summed E-state index contributed by atoms with van der Waals surface area (Å²) in [4.78, 5) is 6.64. The second-order valence-electron chi connectivity index (χ2n) is 4.53. The van der Waals surface area contributed by atoms with Crippen molar-refractivity contribution in [2.24, 2.45) is 10.7 Å². The largest absolute Gasteiger partial charge is 0.370 e. The zero-order chi connectivity index (χ0) is 10.7. The van der Waals surface area contributed by atoms with Gasteiger partial charge < -0.3 is 10.6 Å². The zero-order valence-corrected chi connectivity index (χ0v) is 13.0. The zero-order valence-electron chi connectivity index (χ0n) is 9.89. The van der Waals surface area contributed by atoms with Crippen LogP contribution in [0.15, 0.2) is 4.99 Å². The Kier molecular flexibility index (Phi) is 6.25. The number of halogens is 1. The van der Waals surface area contributed by atoms with E-state index in [0.717, 1.165) is 12.5 Å². The first-order valence-electron chi connectivity index (χ1n) is 5.91. The highest BCUT2D eigenvalue weighted by atomic mass is 127. The van der Waals surface area contributed by atoms with Gasteiger partial charge in [-0.05, 0) is 31.4 Å². The molecule has 0 aromatic heterocycles. The molecule has 0 radical (unpaired) electrons. The van der Waals surface area contributed by atoms with Crippen molar-refractivity contribution >= 4 is 41.7 Å². The van der Waals surface area contributed by atoms with Gasteiger partial charge in [0, 0.05) is 18.3 Å². The van der Waals surface area contributed by atoms with Gasteiger partial charge in [0.15, 0.2) is 5.96 Å². The van der Waals surface area contributed by atoms with Crippen molar-refractivity contribution in [3.05, 3.63) is 0 Å². The van der Waals surface area contributed by atoms with E-state index in [4.69, 9.17) is 5.73 Å². The maximum Gasteiger partial charge on any atom is 0.191 e. The molecule has 1 heterocycles. The number of aliphatic imine (C=N–C) groups is 1. The molecule has 1 saturated heterocycles. The molecule has 94 valence electrons. The van der Waals surface area contributed by atoms with Crippen molar-refractivity contribution in [1.29, 1.82) is 0 Å². The van der Waals surface area contributed by atoms with Crippen LogP contribution in [0.25, 0.3) is 0 Å². The molecule has 1 unspecified atom stereocenters. The Labute approximate surface area is 120 Å². The van der Waals surface area contributed by atoms with Gasteiger partial charge in [0.1, 0.15) is 0 Å². The number of thioether (sulfide) groups is 1. The average molecular weight is 355 g/mol. The third-order valence-electron chi connectivity index (χ3n) is 3.19. The fourth-order valence-electron chi connectivity index (χ4n) is 1.91. The van der Waals surface area contributed by atoms with E-state index in [9.17, 15) is 0 Å². The van der Waals surface area contributed by atoms with Gasteiger partial charge in [-0.1, -0.05) is 6.42 Å². The Morgan fingerprint density at radius 3 is 2.69 bits per heavy atom. The van der Waals surface area contributed by atoms with Crippen LogP contribution in [0.5, 0.6) is 0 Å². The average Bonchev–Trinajstić information content (AvgIpc) is 3.10. The topological polar surface area (TPSA) is 41.6 Å². The Balaban J connectivity index is 0.00000128. The van der Waals surface area contributed by atoms with Gasteiger partial charge in [-0.3, -0.25) is 4.99 Å². The molecular weight excluding hydrogens is 333 g/mol. The SMILES string of the molecule is CN(C(N)=NCC1CCCCS1)C1CC1.I. The van der Waals surface area contributed by atoms with E-state index in [2.05, 4.69) is 28.7 Å². The number of rotatable bonds is 3. The summed E-state index contributed by atoms with van der Waals surface area (Å²) < 4.78 is 0. The predicted octanol–water partition coefficient (Wildman–Crippen LogP) is 2.30. The molecule has 2 fully saturated rings. The molecule has 1 aliphatic heterocycles. The van der Waals surface area contributed by atoms with Gasteiger partial charge in [0.25, 0.3) is 0 Å². The van der Waals surface area contributed by atoms with E-state index in [1.807, 2.05) is 0 Å². The molecule has 5 heteroatoms. The lowest BCUT2D eigenvalue weighted by Crippen LogP contribution is -2.36. The first-order chi connectivity index (χ1) is 7.27. The monoisotopic (exact) mass is 355 g/mol. The summed E-state index contributed by atoms with van der Waals surface area (Å²) in [7, 11) is 2.06. The lowest BCUT2D eigenvalue weighted by atomic mass is 10.2. The van der Waals surface area contributed by atoms with Gasteiger partial charge in [-0.2, -0.15) is 11.8 Å². The summed E-state index contributed by atoms with van der Waals surface area (Å²) >= 11 is 2.06. The summed E-state index contributed by atoms with van der Waals surface area (Å²) in [5.41, 5.74) is 5.94. The molecule has 3 nitrogen and oxygen atoms in total. The van der Waals surface area contributed by atoms with Gasteiger partial charge >= 0.3 is 0 Å². The summed E-state index contributed by atoms with van der Waals surface area (Å²) in [5.74, 6) is 2.04. The first kappa shape index (κ1) is 14.4. The molecule has 16 heavy (non-hydrogen) atoms. The molecule has 0 aromatic rings. The molecule has 0 aromatic carbocycles. The normalized spacial score (nSPS) is 26.1. The van der Waals surface area contributed by atoms with Crippen molar-refractivity contribution in [3.8, 4) is 0 Å². The lowest BCUT2D eigenvalue weighted by Gasteiger charge is -2.21. The predicted molar refractivity (Wildman–Crippen MR) is 82.8 cm³/mol. The fourth-order valence-corrected chi connectivity index (χ4v) is 3.12. The summed E-state index contributed by atoms with van der Waals surface area (Å²) in [5, 5.41) is 0.713. The molecule has 2 N–H and O–H groups in total. The van der Waals surface area contributed by atoms with Crippen LogP contribution in [-0.2, 0) is 0 Å². The van der Waals surface area contributed by atoms with E-state index in [1.165, 1.54) is 37.9 Å². The number of hydrogen-bond donors (Lipinski definition) is 1. The standard InChI is InChI=1S/C11H21N3S.HI/c1-14(9-5-6-9)11(12)13-8-10-4-2-3-7-15-10;/h9-10H,2-8H2,1H3,(H2,12,13);1H. The maximum absolute atomic E-state index is 5.94. The van der Waals surface area contributed by atoms with Crippen LogP contribution in [-0.4, -0.2) is 41.5 Å². The van der Waals surface area contributed by atoms with Crippen LogP contribution in [0.2, 0.25) is 0 Å². The molecule has 2 aliphatic rings. The van der Waals surface area contributed by atoms with E-state index in [0.29, 0.717) is 11.3 Å². The number of nitrogens with two attached hydrogens (primary N) is 1. The second kappa shape index (κ2) is 6.93. The van der Waals surface area contributed by atoms with Crippen LogP contribution in [0, 0.1) is 0 Å². The number of guanidine groups is 1. The van der Waals surface area contributed by atoms with Crippen molar-refractivity contribution in [2.45, 2.75) is 43.4 Å². The van der Waals surface area contributed by atoms with Crippen LogP contribution in [0.3, 0.4) is 0 Å². The van der Waals surface area contributed by atoms with E-state index < -0.39 is 0 Å². The van der Waals surface area contributed by atoms with Gasteiger partial charge in [-0.15, -0.1) is 24.0 Å². The smallest absolute Gasteiger partial charge is 0.191 e.